The average Bonchev–Trinajstić information content (AvgIpc) is 2.62. The largest absolute Gasteiger partial charge is 0.490 e. The third-order valence-electron chi connectivity index (χ3n) is 4.29. The van der Waals surface area contributed by atoms with Crippen LogP contribution in [0.1, 0.15) is 56.3 Å². The quantitative estimate of drug-likeness (QED) is 0.729. The lowest BCUT2D eigenvalue weighted by molar-refractivity contribution is -0.143. The first kappa shape index (κ1) is 19.1. The second-order valence-corrected chi connectivity index (χ2v) is 6.14. The predicted octanol–water partition coefficient (Wildman–Crippen LogP) is 3.34. The first-order valence-corrected chi connectivity index (χ1v) is 9.01. The number of carbonyl (C=O) groups excluding carboxylic acids is 1. The number of ether oxygens (including phenoxy) is 2. The molecule has 0 radical (unpaired) electrons. The summed E-state index contributed by atoms with van der Waals surface area (Å²) in [6.45, 7) is 5.48. The molecule has 2 rings (SSSR count). The lowest BCUT2D eigenvalue weighted by Gasteiger charge is -2.33. The highest BCUT2D eigenvalue weighted by Crippen LogP contribution is 2.30. The number of likely N-dealkylation sites (tertiary alicyclic amines) is 1. The number of rotatable bonds is 8. The van der Waals surface area contributed by atoms with Crippen LogP contribution in [0, 0.1) is 0 Å². The molecular formula is C19H27NO5. The minimum absolute atomic E-state index is 0.270. The van der Waals surface area contributed by atoms with Crippen LogP contribution in [-0.2, 0) is 4.79 Å². The van der Waals surface area contributed by atoms with Gasteiger partial charge in [-0.1, -0.05) is 13.3 Å². The van der Waals surface area contributed by atoms with Gasteiger partial charge in [-0.05, 0) is 50.8 Å². The molecule has 1 unspecified atom stereocenters. The van der Waals surface area contributed by atoms with Crippen LogP contribution in [0.2, 0.25) is 0 Å². The van der Waals surface area contributed by atoms with E-state index in [0.717, 1.165) is 25.7 Å². The molecule has 0 aromatic heterocycles. The van der Waals surface area contributed by atoms with Crippen LogP contribution < -0.4 is 9.47 Å². The molecule has 1 aliphatic heterocycles. The van der Waals surface area contributed by atoms with Crippen molar-refractivity contribution in [3.8, 4) is 11.5 Å². The van der Waals surface area contributed by atoms with Crippen LogP contribution in [0.15, 0.2) is 18.2 Å². The molecule has 25 heavy (non-hydrogen) atoms. The molecule has 1 aliphatic rings. The van der Waals surface area contributed by atoms with Gasteiger partial charge in [0.15, 0.2) is 11.5 Å². The first-order valence-electron chi connectivity index (χ1n) is 9.01. The molecule has 0 bridgehead atoms. The van der Waals surface area contributed by atoms with Gasteiger partial charge in [0.1, 0.15) is 6.04 Å². The molecule has 1 heterocycles. The van der Waals surface area contributed by atoms with E-state index in [1.165, 1.54) is 4.90 Å². The normalized spacial score (nSPS) is 17.2. The van der Waals surface area contributed by atoms with Crippen molar-refractivity contribution >= 4 is 11.9 Å². The summed E-state index contributed by atoms with van der Waals surface area (Å²) in [5, 5.41) is 9.37. The number of nitrogens with zero attached hydrogens (tertiary/aromatic N) is 1. The van der Waals surface area contributed by atoms with Gasteiger partial charge >= 0.3 is 5.97 Å². The van der Waals surface area contributed by atoms with Gasteiger partial charge in [-0.3, -0.25) is 4.79 Å². The zero-order valence-electron chi connectivity index (χ0n) is 15.0. The smallest absolute Gasteiger partial charge is 0.326 e. The highest BCUT2D eigenvalue weighted by Gasteiger charge is 2.32. The number of benzene rings is 1. The monoisotopic (exact) mass is 349 g/mol. The Morgan fingerprint density at radius 3 is 2.68 bits per heavy atom. The Kier molecular flexibility index (Phi) is 7.10. The summed E-state index contributed by atoms with van der Waals surface area (Å²) in [5.41, 5.74) is 0.430. The van der Waals surface area contributed by atoms with Crippen LogP contribution in [-0.4, -0.2) is 47.7 Å². The zero-order chi connectivity index (χ0) is 18.2. The molecule has 1 atom stereocenters. The number of carboxylic acids is 1. The third-order valence-corrected chi connectivity index (χ3v) is 4.29. The summed E-state index contributed by atoms with van der Waals surface area (Å²) < 4.78 is 11.3. The molecule has 6 heteroatoms. The Morgan fingerprint density at radius 2 is 2.00 bits per heavy atom. The molecule has 0 spiro atoms. The van der Waals surface area contributed by atoms with Gasteiger partial charge in [0.05, 0.1) is 13.2 Å². The summed E-state index contributed by atoms with van der Waals surface area (Å²) in [4.78, 5) is 25.7. The van der Waals surface area contributed by atoms with Crippen molar-refractivity contribution in [1.29, 1.82) is 0 Å². The van der Waals surface area contributed by atoms with Gasteiger partial charge in [-0.2, -0.15) is 0 Å². The maximum atomic E-state index is 12.8. The molecule has 6 nitrogen and oxygen atoms in total. The maximum absolute atomic E-state index is 12.8. The second-order valence-electron chi connectivity index (χ2n) is 6.14. The van der Waals surface area contributed by atoms with Crippen molar-refractivity contribution in [3.63, 3.8) is 0 Å². The lowest BCUT2D eigenvalue weighted by atomic mass is 10.0. The van der Waals surface area contributed by atoms with E-state index in [1.807, 2.05) is 6.92 Å². The van der Waals surface area contributed by atoms with Gasteiger partial charge in [-0.15, -0.1) is 0 Å². The van der Waals surface area contributed by atoms with Gasteiger partial charge < -0.3 is 19.5 Å². The van der Waals surface area contributed by atoms with Crippen molar-refractivity contribution in [2.75, 3.05) is 19.8 Å². The molecule has 0 saturated carbocycles. The van der Waals surface area contributed by atoms with Crippen LogP contribution in [0.4, 0.5) is 0 Å². The maximum Gasteiger partial charge on any atom is 0.326 e. The Bertz CT molecular complexity index is 601. The standard InChI is InChI=1S/C19H27NO5/c1-3-5-12-25-16-10-9-14(13-17(16)24-4-2)18(21)20-11-7-6-8-15(20)19(22)23/h9-10,13,15H,3-8,11-12H2,1-2H3,(H,22,23). The molecule has 1 saturated heterocycles. The average molecular weight is 349 g/mol. The molecule has 138 valence electrons. The molecule has 1 amide bonds. The van der Waals surface area contributed by atoms with E-state index in [9.17, 15) is 14.7 Å². The fraction of sp³-hybridized carbons (Fsp3) is 0.579. The van der Waals surface area contributed by atoms with Crippen LogP contribution in [0.25, 0.3) is 0 Å². The van der Waals surface area contributed by atoms with Crippen molar-refractivity contribution in [1.82, 2.24) is 4.90 Å². The zero-order valence-corrected chi connectivity index (χ0v) is 15.0. The number of unbranched alkanes of at least 4 members (excludes halogenated alkanes) is 1. The molecule has 1 aromatic rings. The fourth-order valence-electron chi connectivity index (χ4n) is 2.95. The van der Waals surface area contributed by atoms with Crippen molar-refractivity contribution in [3.05, 3.63) is 23.8 Å². The van der Waals surface area contributed by atoms with E-state index < -0.39 is 12.0 Å². The Balaban J connectivity index is 2.20. The van der Waals surface area contributed by atoms with Crippen LogP contribution >= 0.6 is 0 Å². The Morgan fingerprint density at radius 1 is 1.20 bits per heavy atom. The summed E-state index contributed by atoms with van der Waals surface area (Å²) in [6, 6.07) is 4.31. The number of piperidine rings is 1. The van der Waals surface area contributed by atoms with Crippen molar-refractivity contribution in [2.24, 2.45) is 0 Å². The van der Waals surface area contributed by atoms with Gasteiger partial charge in [0.25, 0.3) is 5.91 Å². The minimum Gasteiger partial charge on any atom is -0.490 e. The summed E-state index contributed by atoms with van der Waals surface area (Å²) >= 11 is 0. The first-order chi connectivity index (χ1) is 12.1. The molecule has 0 aliphatic carbocycles. The summed E-state index contributed by atoms with van der Waals surface area (Å²) in [5.74, 6) is -0.0839. The highest BCUT2D eigenvalue weighted by atomic mass is 16.5. The Labute approximate surface area is 148 Å². The third kappa shape index (κ3) is 4.87. The van der Waals surface area contributed by atoms with Crippen LogP contribution in [0.3, 0.4) is 0 Å². The molecule has 1 fully saturated rings. The van der Waals surface area contributed by atoms with Crippen LogP contribution in [0.5, 0.6) is 11.5 Å². The van der Waals surface area contributed by atoms with Crippen molar-refractivity contribution in [2.45, 2.75) is 52.0 Å². The Hall–Kier alpha value is -2.24. The van der Waals surface area contributed by atoms with E-state index in [0.29, 0.717) is 43.2 Å². The number of amides is 1. The predicted molar refractivity (Wildman–Crippen MR) is 94.3 cm³/mol. The lowest BCUT2D eigenvalue weighted by Crippen LogP contribution is -2.47. The van der Waals surface area contributed by atoms with Crippen molar-refractivity contribution < 1.29 is 24.2 Å². The SMILES string of the molecule is CCCCOc1ccc(C(=O)N2CCCCC2C(=O)O)cc1OCC. The van der Waals surface area contributed by atoms with E-state index in [4.69, 9.17) is 9.47 Å². The molecular weight excluding hydrogens is 322 g/mol. The van der Waals surface area contributed by atoms with E-state index in [1.54, 1.807) is 18.2 Å². The summed E-state index contributed by atoms with van der Waals surface area (Å²) in [6.07, 6.45) is 4.13. The van der Waals surface area contributed by atoms with Gasteiger partial charge in [0, 0.05) is 12.1 Å². The highest BCUT2D eigenvalue weighted by molar-refractivity contribution is 5.97. The second kappa shape index (κ2) is 9.30. The number of aliphatic carboxylic acids is 1. The number of carbonyl (C=O) groups is 2. The fourth-order valence-corrected chi connectivity index (χ4v) is 2.95. The van der Waals surface area contributed by atoms with E-state index in [-0.39, 0.29) is 5.91 Å². The van der Waals surface area contributed by atoms with E-state index in [2.05, 4.69) is 6.92 Å². The number of carboxylic acid groups (broad SMARTS) is 1. The number of hydrogen-bond donors (Lipinski definition) is 1. The number of hydrogen-bond acceptors (Lipinski definition) is 4. The van der Waals surface area contributed by atoms with Gasteiger partial charge in [0.2, 0.25) is 0 Å². The van der Waals surface area contributed by atoms with E-state index >= 15 is 0 Å². The topological polar surface area (TPSA) is 76.1 Å². The summed E-state index contributed by atoms with van der Waals surface area (Å²) in [7, 11) is 0. The minimum atomic E-state index is -0.947. The van der Waals surface area contributed by atoms with Gasteiger partial charge in [-0.25, -0.2) is 4.79 Å². The molecule has 1 aromatic carbocycles. The molecule has 1 N–H and O–H groups in total.